The van der Waals surface area contributed by atoms with Gasteiger partial charge in [-0.1, -0.05) is 11.6 Å². The molecule has 0 aromatic carbocycles. The lowest BCUT2D eigenvalue weighted by Crippen LogP contribution is -2.50. The van der Waals surface area contributed by atoms with Gasteiger partial charge in [0.2, 0.25) is 5.95 Å². The fourth-order valence-corrected chi connectivity index (χ4v) is 2.87. The molecule has 3 rings (SSSR count). The molecule has 9 heteroatoms. The van der Waals surface area contributed by atoms with E-state index in [-0.39, 0.29) is 17.7 Å². The van der Waals surface area contributed by atoms with Crippen LogP contribution in [0, 0.1) is 5.95 Å². The molecule has 1 aliphatic heterocycles. The van der Waals surface area contributed by atoms with Gasteiger partial charge >= 0.3 is 6.09 Å². The summed E-state index contributed by atoms with van der Waals surface area (Å²) in [5.74, 6) is -0.268. The number of rotatable bonds is 1. The number of halogens is 2. The maximum atomic E-state index is 14.2. The molecule has 0 radical (unpaired) electrons. The van der Waals surface area contributed by atoms with Crippen molar-refractivity contribution in [3.8, 4) is 0 Å². The Morgan fingerprint density at radius 3 is 2.80 bits per heavy atom. The van der Waals surface area contributed by atoms with Crippen LogP contribution in [-0.4, -0.2) is 50.2 Å². The van der Waals surface area contributed by atoms with Crippen LogP contribution in [0.4, 0.5) is 9.18 Å². The van der Waals surface area contributed by atoms with Gasteiger partial charge in [0.1, 0.15) is 23.0 Å². The molecule has 2 atom stereocenters. The van der Waals surface area contributed by atoms with Crippen LogP contribution in [0.25, 0.3) is 5.52 Å². The summed E-state index contributed by atoms with van der Waals surface area (Å²) in [7, 11) is 0. The zero-order valence-corrected chi connectivity index (χ0v) is 15.2. The summed E-state index contributed by atoms with van der Waals surface area (Å²) in [6.07, 6.45) is 1.43. The maximum Gasteiger partial charge on any atom is 0.410 e. The van der Waals surface area contributed by atoms with Gasteiger partial charge in [-0.2, -0.15) is 4.39 Å². The Balaban J connectivity index is 1.89. The highest BCUT2D eigenvalue weighted by Crippen LogP contribution is 2.28. The Morgan fingerprint density at radius 1 is 1.40 bits per heavy atom. The van der Waals surface area contributed by atoms with Gasteiger partial charge in [0.25, 0.3) is 0 Å². The summed E-state index contributed by atoms with van der Waals surface area (Å²) < 4.78 is 26.7. The zero-order chi connectivity index (χ0) is 18.4. The molecule has 2 unspecified atom stereocenters. The average molecular weight is 371 g/mol. The van der Waals surface area contributed by atoms with E-state index in [2.05, 4.69) is 9.97 Å². The lowest BCUT2D eigenvalue weighted by Gasteiger charge is -2.38. The van der Waals surface area contributed by atoms with Crippen molar-refractivity contribution in [3.05, 3.63) is 29.3 Å². The number of ether oxygens (including phenoxy) is 2. The fourth-order valence-electron chi connectivity index (χ4n) is 2.69. The number of hydrogen-bond acceptors (Lipinski definition) is 5. The molecular weight excluding hydrogens is 351 g/mol. The predicted molar refractivity (Wildman–Crippen MR) is 89.1 cm³/mol. The molecule has 136 valence electrons. The van der Waals surface area contributed by atoms with Crippen LogP contribution in [0.5, 0.6) is 0 Å². The molecule has 25 heavy (non-hydrogen) atoms. The lowest BCUT2D eigenvalue weighted by atomic mass is 10.2. The largest absolute Gasteiger partial charge is 0.444 e. The van der Waals surface area contributed by atoms with E-state index in [0.717, 1.165) is 6.20 Å². The third-order valence-electron chi connectivity index (χ3n) is 3.85. The van der Waals surface area contributed by atoms with Gasteiger partial charge in [-0.25, -0.2) is 14.8 Å². The maximum absolute atomic E-state index is 14.2. The number of carbonyl (C=O) groups is 1. The number of morpholine rings is 1. The quantitative estimate of drug-likeness (QED) is 0.771. The Labute approximate surface area is 149 Å². The summed E-state index contributed by atoms with van der Waals surface area (Å²) in [4.78, 5) is 22.0. The molecule has 2 aromatic rings. The third-order valence-corrected chi connectivity index (χ3v) is 4.14. The smallest absolute Gasteiger partial charge is 0.410 e. The molecule has 0 saturated carbocycles. The summed E-state index contributed by atoms with van der Waals surface area (Å²) in [5, 5.41) is 0.147. The van der Waals surface area contributed by atoms with E-state index < -0.39 is 23.7 Å². The van der Waals surface area contributed by atoms with Crippen LogP contribution < -0.4 is 0 Å². The molecule has 1 aliphatic rings. The monoisotopic (exact) mass is 370 g/mol. The van der Waals surface area contributed by atoms with Gasteiger partial charge in [0.05, 0.1) is 31.6 Å². The van der Waals surface area contributed by atoms with Crippen molar-refractivity contribution in [2.75, 3.05) is 13.2 Å². The molecule has 7 nitrogen and oxygen atoms in total. The fraction of sp³-hybridized carbons (Fsp3) is 0.562. The SMILES string of the molecule is CC1COC(c2ncc3c(Cl)ncc(F)n23)CN1C(=O)OC(C)(C)C. The standard InChI is InChI=1S/C16H20ClFN4O3/c1-9-8-24-11(7-21(9)15(23)25-16(2,3)4)14-20-5-10-13(17)19-6-12(18)22(10)14/h5-6,9,11H,7-8H2,1-4H3. The van der Waals surface area contributed by atoms with Crippen LogP contribution in [-0.2, 0) is 9.47 Å². The summed E-state index contributed by atoms with van der Waals surface area (Å²) in [6.45, 7) is 7.78. The Kier molecular flexibility index (Phi) is 4.59. The summed E-state index contributed by atoms with van der Waals surface area (Å²) in [6, 6.07) is -0.160. The first-order chi connectivity index (χ1) is 11.7. The zero-order valence-electron chi connectivity index (χ0n) is 14.5. The second-order valence-electron chi connectivity index (χ2n) is 7.01. The second-order valence-corrected chi connectivity index (χ2v) is 7.37. The van der Waals surface area contributed by atoms with Crippen LogP contribution in [0.1, 0.15) is 39.6 Å². The van der Waals surface area contributed by atoms with Crippen molar-refractivity contribution in [2.24, 2.45) is 0 Å². The van der Waals surface area contributed by atoms with E-state index in [1.54, 1.807) is 25.7 Å². The molecule has 0 N–H and O–H groups in total. The number of imidazole rings is 1. The first kappa shape index (κ1) is 17.9. The highest BCUT2D eigenvalue weighted by Gasteiger charge is 2.35. The van der Waals surface area contributed by atoms with Crippen molar-refractivity contribution in [3.63, 3.8) is 0 Å². The Hall–Kier alpha value is -1.93. The molecule has 0 bridgehead atoms. The Morgan fingerprint density at radius 2 is 2.12 bits per heavy atom. The Bertz CT molecular complexity index is 805. The number of nitrogens with zero attached hydrogens (tertiary/aromatic N) is 4. The predicted octanol–water partition coefficient (Wildman–Crippen LogP) is 3.22. The van der Waals surface area contributed by atoms with E-state index in [4.69, 9.17) is 21.1 Å². The van der Waals surface area contributed by atoms with Gasteiger partial charge in [0.15, 0.2) is 5.15 Å². The molecule has 0 aliphatic carbocycles. The van der Waals surface area contributed by atoms with Gasteiger partial charge in [0, 0.05) is 0 Å². The topological polar surface area (TPSA) is 69.0 Å². The van der Waals surface area contributed by atoms with E-state index in [0.29, 0.717) is 17.9 Å². The van der Waals surface area contributed by atoms with Crippen LogP contribution in [0.15, 0.2) is 12.4 Å². The van der Waals surface area contributed by atoms with Crippen molar-refractivity contribution in [2.45, 2.75) is 45.4 Å². The molecule has 2 aromatic heterocycles. The second kappa shape index (κ2) is 6.42. The van der Waals surface area contributed by atoms with E-state index >= 15 is 0 Å². The van der Waals surface area contributed by atoms with Crippen LogP contribution in [0.2, 0.25) is 5.15 Å². The summed E-state index contributed by atoms with van der Waals surface area (Å²) in [5.41, 5.74) is -0.252. The van der Waals surface area contributed by atoms with Crippen molar-refractivity contribution in [1.82, 2.24) is 19.3 Å². The van der Waals surface area contributed by atoms with Gasteiger partial charge in [-0.15, -0.1) is 0 Å². The lowest BCUT2D eigenvalue weighted by molar-refractivity contribution is -0.0700. The van der Waals surface area contributed by atoms with Crippen molar-refractivity contribution >= 4 is 23.2 Å². The third kappa shape index (κ3) is 3.55. The first-order valence-electron chi connectivity index (χ1n) is 7.96. The van der Waals surface area contributed by atoms with Gasteiger partial charge in [-0.05, 0) is 27.7 Å². The van der Waals surface area contributed by atoms with E-state index in [1.807, 2.05) is 6.92 Å². The molecule has 1 saturated heterocycles. The highest BCUT2D eigenvalue weighted by atomic mass is 35.5. The van der Waals surface area contributed by atoms with Crippen LogP contribution in [0.3, 0.4) is 0 Å². The van der Waals surface area contributed by atoms with E-state index in [9.17, 15) is 9.18 Å². The molecular formula is C16H20ClFN4O3. The molecule has 1 fully saturated rings. The normalized spacial score (nSPS) is 21.6. The van der Waals surface area contributed by atoms with E-state index in [1.165, 1.54) is 10.6 Å². The molecule has 0 spiro atoms. The van der Waals surface area contributed by atoms with Gasteiger partial charge in [-0.3, -0.25) is 4.40 Å². The van der Waals surface area contributed by atoms with Gasteiger partial charge < -0.3 is 14.4 Å². The number of amides is 1. The van der Waals surface area contributed by atoms with Crippen LogP contribution >= 0.6 is 11.6 Å². The minimum absolute atomic E-state index is 0.147. The number of aromatic nitrogens is 3. The number of hydrogen-bond donors (Lipinski definition) is 0. The molecule has 3 heterocycles. The minimum atomic E-state index is -0.601. The average Bonchev–Trinajstić information content (AvgIpc) is 2.96. The van der Waals surface area contributed by atoms with Crippen molar-refractivity contribution < 1.29 is 18.7 Å². The summed E-state index contributed by atoms with van der Waals surface area (Å²) >= 11 is 5.99. The highest BCUT2D eigenvalue weighted by molar-refractivity contribution is 6.32. The number of carbonyl (C=O) groups excluding carboxylic acids is 1. The van der Waals surface area contributed by atoms with Crippen molar-refractivity contribution in [1.29, 1.82) is 0 Å². The minimum Gasteiger partial charge on any atom is -0.444 e. The molecule has 1 amide bonds. The number of fused-ring (bicyclic) bond motifs is 1. The first-order valence-corrected chi connectivity index (χ1v) is 8.34.